The minimum absolute atomic E-state index is 0.117. The Kier molecular flexibility index (Phi) is 6.98. The van der Waals surface area contributed by atoms with Gasteiger partial charge in [0.25, 0.3) is 5.91 Å². The molecule has 1 aromatic heterocycles. The van der Waals surface area contributed by atoms with E-state index >= 15 is 0 Å². The van der Waals surface area contributed by atoms with E-state index in [4.69, 9.17) is 13.9 Å². The highest BCUT2D eigenvalue weighted by atomic mass is 16.5. The van der Waals surface area contributed by atoms with Crippen molar-refractivity contribution in [1.29, 1.82) is 0 Å². The van der Waals surface area contributed by atoms with Crippen molar-refractivity contribution in [2.24, 2.45) is 0 Å². The lowest BCUT2D eigenvalue weighted by Gasteiger charge is -2.19. The number of carbonyl (C=O) groups excluding carboxylic acids is 2. The van der Waals surface area contributed by atoms with Gasteiger partial charge in [-0.1, -0.05) is 30.3 Å². The number of ether oxygens (including phenoxy) is 2. The molecule has 1 unspecified atom stereocenters. The van der Waals surface area contributed by atoms with E-state index in [0.717, 1.165) is 34.6 Å². The predicted molar refractivity (Wildman–Crippen MR) is 123 cm³/mol. The summed E-state index contributed by atoms with van der Waals surface area (Å²) in [5.74, 6) is 0.974. The first-order valence-corrected chi connectivity index (χ1v) is 11.1. The zero-order chi connectivity index (χ0) is 23.2. The average Bonchev–Trinajstić information content (AvgIpc) is 3.47. The third-order valence-electron chi connectivity index (χ3n) is 5.48. The summed E-state index contributed by atoms with van der Waals surface area (Å²) in [7, 11) is 0. The number of amides is 2. The van der Waals surface area contributed by atoms with Crippen LogP contribution in [0.5, 0.6) is 11.5 Å². The molecule has 172 valence electrons. The van der Waals surface area contributed by atoms with Crippen molar-refractivity contribution < 1.29 is 23.5 Å². The third kappa shape index (κ3) is 5.55. The van der Waals surface area contributed by atoms with Gasteiger partial charge < -0.3 is 24.5 Å². The highest BCUT2D eigenvalue weighted by molar-refractivity contribution is 5.95. The highest BCUT2D eigenvalue weighted by Gasteiger charge is 2.25. The van der Waals surface area contributed by atoms with E-state index in [1.54, 1.807) is 12.1 Å². The van der Waals surface area contributed by atoms with Gasteiger partial charge in [-0.15, -0.1) is 0 Å². The molecule has 0 saturated carbocycles. The molecular formula is C26H28N2O5. The van der Waals surface area contributed by atoms with E-state index < -0.39 is 11.9 Å². The topological polar surface area (TPSA) is 89.8 Å². The van der Waals surface area contributed by atoms with Crippen molar-refractivity contribution in [1.82, 2.24) is 10.6 Å². The van der Waals surface area contributed by atoms with Crippen LogP contribution in [0.4, 0.5) is 0 Å². The SMILES string of the molecule is CCOc1cc2c(cc1CNC(=O)[C@H](Cc1ccccc1)NC(=O)c1ccco1)OC(C)C2. The average molecular weight is 449 g/mol. The Morgan fingerprint density at radius 2 is 1.97 bits per heavy atom. The first kappa shape index (κ1) is 22.5. The van der Waals surface area contributed by atoms with Crippen LogP contribution >= 0.6 is 0 Å². The largest absolute Gasteiger partial charge is 0.494 e. The maximum absolute atomic E-state index is 13.2. The smallest absolute Gasteiger partial charge is 0.287 e. The number of furan rings is 1. The van der Waals surface area contributed by atoms with Crippen LogP contribution in [0.2, 0.25) is 0 Å². The Hall–Kier alpha value is -3.74. The van der Waals surface area contributed by atoms with Crippen LogP contribution in [-0.2, 0) is 24.2 Å². The molecule has 2 N–H and O–H groups in total. The van der Waals surface area contributed by atoms with Gasteiger partial charge in [0.2, 0.25) is 5.91 Å². The lowest BCUT2D eigenvalue weighted by Crippen LogP contribution is -2.47. The number of fused-ring (bicyclic) bond motifs is 1. The summed E-state index contributed by atoms with van der Waals surface area (Å²) in [6.07, 6.45) is 2.72. The van der Waals surface area contributed by atoms with Gasteiger partial charge in [-0.05, 0) is 43.7 Å². The minimum Gasteiger partial charge on any atom is -0.494 e. The lowest BCUT2D eigenvalue weighted by molar-refractivity contribution is -0.123. The number of carbonyl (C=O) groups is 2. The summed E-state index contributed by atoms with van der Waals surface area (Å²) >= 11 is 0. The van der Waals surface area contributed by atoms with Gasteiger partial charge in [-0.3, -0.25) is 9.59 Å². The lowest BCUT2D eigenvalue weighted by atomic mass is 10.0. The minimum atomic E-state index is -0.772. The molecule has 0 saturated heterocycles. The van der Waals surface area contributed by atoms with Crippen molar-refractivity contribution in [2.45, 2.75) is 45.4 Å². The molecule has 4 rings (SSSR count). The highest BCUT2D eigenvalue weighted by Crippen LogP contribution is 2.35. The monoisotopic (exact) mass is 448 g/mol. The second-order valence-corrected chi connectivity index (χ2v) is 8.04. The summed E-state index contributed by atoms with van der Waals surface area (Å²) in [5, 5.41) is 5.74. The van der Waals surface area contributed by atoms with Crippen LogP contribution in [0.3, 0.4) is 0 Å². The van der Waals surface area contributed by atoms with Crippen molar-refractivity contribution in [3.05, 3.63) is 83.3 Å². The van der Waals surface area contributed by atoms with E-state index in [0.29, 0.717) is 13.0 Å². The molecule has 3 aromatic rings. The first-order chi connectivity index (χ1) is 16.0. The molecule has 0 bridgehead atoms. The zero-order valence-corrected chi connectivity index (χ0v) is 18.8. The second kappa shape index (κ2) is 10.3. The number of hydrogen-bond donors (Lipinski definition) is 2. The number of hydrogen-bond acceptors (Lipinski definition) is 5. The normalized spacial score (nSPS) is 15.3. The molecule has 1 aliphatic heterocycles. The second-order valence-electron chi connectivity index (χ2n) is 8.04. The molecule has 1 aliphatic rings. The quantitative estimate of drug-likeness (QED) is 0.522. The molecule has 0 fully saturated rings. The fraction of sp³-hybridized carbons (Fsp3) is 0.308. The molecule has 33 heavy (non-hydrogen) atoms. The summed E-state index contributed by atoms with van der Waals surface area (Å²) in [4.78, 5) is 25.7. The van der Waals surface area contributed by atoms with Crippen molar-refractivity contribution >= 4 is 11.8 Å². The number of benzene rings is 2. The summed E-state index contributed by atoms with van der Waals surface area (Å²) in [6.45, 7) is 4.72. The van der Waals surface area contributed by atoms with Crippen LogP contribution in [-0.4, -0.2) is 30.6 Å². The fourth-order valence-corrected chi connectivity index (χ4v) is 3.91. The number of rotatable bonds is 9. The van der Waals surface area contributed by atoms with Crippen LogP contribution in [0, 0.1) is 0 Å². The molecule has 2 aromatic carbocycles. The maximum atomic E-state index is 13.2. The van der Waals surface area contributed by atoms with Crippen LogP contribution < -0.4 is 20.1 Å². The Balaban J connectivity index is 1.49. The fourth-order valence-electron chi connectivity index (χ4n) is 3.91. The summed E-state index contributed by atoms with van der Waals surface area (Å²) in [5.41, 5.74) is 2.87. The summed E-state index contributed by atoms with van der Waals surface area (Å²) in [6, 6.07) is 15.9. The van der Waals surface area contributed by atoms with E-state index in [-0.39, 0.29) is 24.3 Å². The van der Waals surface area contributed by atoms with Crippen LogP contribution in [0.1, 0.15) is 41.1 Å². The Labute approximate surface area is 193 Å². The van der Waals surface area contributed by atoms with Gasteiger partial charge in [0.1, 0.15) is 23.6 Å². The van der Waals surface area contributed by atoms with Gasteiger partial charge in [0.15, 0.2) is 5.76 Å². The van der Waals surface area contributed by atoms with Gasteiger partial charge >= 0.3 is 0 Å². The Morgan fingerprint density at radius 3 is 2.70 bits per heavy atom. The Morgan fingerprint density at radius 1 is 1.15 bits per heavy atom. The number of nitrogens with one attached hydrogen (secondary N) is 2. The standard InChI is InChI=1S/C26H28N2O5/c1-3-31-23-14-19-12-17(2)33-24(19)15-20(23)16-27-25(29)21(13-18-8-5-4-6-9-18)28-26(30)22-10-7-11-32-22/h4-11,14-15,17,21H,3,12-13,16H2,1-2H3,(H,27,29)(H,28,30)/t17?,21-/m0/s1. The van der Waals surface area contributed by atoms with Gasteiger partial charge in [-0.25, -0.2) is 0 Å². The molecule has 2 atom stereocenters. The predicted octanol–water partition coefficient (Wildman–Crippen LogP) is 3.66. The molecule has 0 aliphatic carbocycles. The van der Waals surface area contributed by atoms with E-state index in [2.05, 4.69) is 10.6 Å². The third-order valence-corrected chi connectivity index (χ3v) is 5.48. The van der Waals surface area contributed by atoms with E-state index in [1.165, 1.54) is 6.26 Å². The molecule has 7 nitrogen and oxygen atoms in total. The van der Waals surface area contributed by atoms with Crippen LogP contribution in [0.25, 0.3) is 0 Å². The Bertz CT molecular complexity index is 1100. The molecule has 0 radical (unpaired) electrons. The maximum Gasteiger partial charge on any atom is 0.287 e. The van der Waals surface area contributed by atoms with E-state index in [1.807, 2.05) is 56.3 Å². The van der Waals surface area contributed by atoms with E-state index in [9.17, 15) is 9.59 Å². The molecule has 2 heterocycles. The van der Waals surface area contributed by atoms with Crippen molar-refractivity contribution in [3.63, 3.8) is 0 Å². The summed E-state index contributed by atoms with van der Waals surface area (Å²) < 4.78 is 16.9. The molecule has 2 amide bonds. The first-order valence-electron chi connectivity index (χ1n) is 11.1. The van der Waals surface area contributed by atoms with Crippen LogP contribution in [0.15, 0.2) is 65.3 Å². The molecule has 7 heteroatoms. The molecular weight excluding hydrogens is 420 g/mol. The van der Waals surface area contributed by atoms with Crippen molar-refractivity contribution in [3.8, 4) is 11.5 Å². The zero-order valence-electron chi connectivity index (χ0n) is 18.8. The van der Waals surface area contributed by atoms with Gasteiger partial charge in [-0.2, -0.15) is 0 Å². The van der Waals surface area contributed by atoms with Gasteiger partial charge in [0, 0.05) is 30.5 Å². The van der Waals surface area contributed by atoms with Gasteiger partial charge in [0.05, 0.1) is 12.9 Å². The molecule has 0 spiro atoms. The van der Waals surface area contributed by atoms with Crippen molar-refractivity contribution in [2.75, 3.05) is 6.61 Å².